The largest absolute Gasteiger partial charge is 0.573 e. The molecule has 8 nitrogen and oxygen atoms in total. The smallest absolute Gasteiger partial charge is 0.406 e. The standard InChI is InChI=1S/C18H14ClF3N2O.C18H12F3N3O2/c1-9-13-7-12(19)8-14(16(13)24(2)15(9)17(23)25)10-3-5-11(6-4-10)18(20,21)22;1-9-13-6-10(8-22)7-14(16(13)24-15(9)17(23)25)11-2-4-12(5-3-11)26-18(19,20)21/h3-8H,1-2H3,(H2,23,25);2-7,24H,1H3,(H2,23,25). The predicted octanol–water partition coefficient (Wildman–Crippen LogP) is 8.94. The summed E-state index contributed by atoms with van der Waals surface area (Å²) < 4.78 is 80.7. The Kier molecular flexibility index (Phi) is 9.55. The Morgan fingerprint density at radius 1 is 0.824 bits per heavy atom. The van der Waals surface area contributed by atoms with Gasteiger partial charge in [0.25, 0.3) is 11.8 Å². The van der Waals surface area contributed by atoms with Crippen molar-refractivity contribution in [1.82, 2.24) is 9.55 Å². The first kappa shape index (κ1) is 36.3. The molecule has 0 saturated carbocycles. The van der Waals surface area contributed by atoms with Gasteiger partial charge in [-0.25, -0.2) is 0 Å². The molecule has 0 saturated heterocycles. The zero-order chi connectivity index (χ0) is 37.6. The minimum atomic E-state index is -4.78. The normalized spacial score (nSPS) is 11.6. The lowest BCUT2D eigenvalue weighted by atomic mass is 9.99. The lowest BCUT2D eigenvalue weighted by molar-refractivity contribution is -0.274. The topological polar surface area (TPSA) is 140 Å². The number of halogens is 7. The summed E-state index contributed by atoms with van der Waals surface area (Å²) in [5, 5.41) is 11.1. The minimum absolute atomic E-state index is 0.216. The molecule has 262 valence electrons. The number of rotatable bonds is 5. The van der Waals surface area contributed by atoms with Crippen molar-refractivity contribution < 1.29 is 40.7 Å². The first-order chi connectivity index (χ1) is 23.8. The van der Waals surface area contributed by atoms with Gasteiger partial charge in [-0.05, 0) is 84.6 Å². The summed E-state index contributed by atoms with van der Waals surface area (Å²) in [6.45, 7) is 3.46. The van der Waals surface area contributed by atoms with Crippen molar-refractivity contribution >= 4 is 45.2 Å². The molecule has 6 aromatic rings. The highest BCUT2D eigenvalue weighted by molar-refractivity contribution is 6.32. The SMILES string of the molecule is Cc1c(C(N)=O)[nH]c2c(-c3ccc(OC(F)(F)F)cc3)cc(C#N)cc12.Cc1c(C(N)=O)n(C)c2c(-c3ccc(C(F)(F)F)cc3)cc(Cl)cc12. The quantitative estimate of drug-likeness (QED) is 0.153. The van der Waals surface area contributed by atoms with E-state index in [2.05, 4.69) is 9.72 Å². The Bertz CT molecular complexity index is 2370. The van der Waals surface area contributed by atoms with Gasteiger partial charge in [0.05, 0.1) is 28.2 Å². The number of ether oxygens (including phenoxy) is 1. The first-order valence-electron chi connectivity index (χ1n) is 14.8. The monoisotopic (exact) mass is 725 g/mol. The summed E-state index contributed by atoms with van der Waals surface area (Å²) in [6.07, 6.45) is -9.18. The van der Waals surface area contributed by atoms with E-state index in [9.17, 15) is 41.2 Å². The molecule has 2 heterocycles. The molecule has 0 fully saturated rings. The van der Waals surface area contributed by atoms with E-state index in [-0.39, 0.29) is 11.4 Å². The van der Waals surface area contributed by atoms with Gasteiger partial charge in [0.1, 0.15) is 17.1 Å². The van der Waals surface area contributed by atoms with E-state index in [0.717, 1.165) is 17.5 Å². The Balaban J connectivity index is 0.000000198. The molecule has 4 aromatic carbocycles. The van der Waals surface area contributed by atoms with Crippen LogP contribution in [0.1, 0.15) is 43.2 Å². The summed E-state index contributed by atoms with van der Waals surface area (Å²) in [5.41, 5.74) is 15.8. The van der Waals surface area contributed by atoms with Gasteiger partial charge >= 0.3 is 12.5 Å². The highest BCUT2D eigenvalue weighted by Gasteiger charge is 2.31. The fourth-order valence-corrected chi connectivity index (χ4v) is 6.17. The number of carbonyl (C=O) groups is 2. The molecule has 0 aliphatic carbocycles. The molecule has 5 N–H and O–H groups in total. The fraction of sp³-hybridized carbons (Fsp3) is 0.139. The molecule has 0 atom stereocenters. The molecular weight excluding hydrogens is 700 g/mol. The molecule has 0 unspecified atom stereocenters. The van der Waals surface area contributed by atoms with Gasteiger partial charge in [-0.2, -0.15) is 18.4 Å². The number of fused-ring (bicyclic) bond motifs is 2. The second-order valence-corrected chi connectivity index (χ2v) is 11.9. The van der Waals surface area contributed by atoms with Crippen LogP contribution >= 0.6 is 11.6 Å². The van der Waals surface area contributed by atoms with Gasteiger partial charge in [-0.1, -0.05) is 35.9 Å². The Labute approximate surface area is 290 Å². The van der Waals surface area contributed by atoms with E-state index in [4.69, 9.17) is 23.1 Å². The third kappa shape index (κ3) is 7.34. The fourth-order valence-electron chi connectivity index (χ4n) is 5.95. The third-order valence-electron chi connectivity index (χ3n) is 8.20. The number of aryl methyl sites for hydroxylation is 3. The number of carbonyl (C=O) groups excluding carboxylic acids is 2. The number of hydrogen-bond acceptors (Lipinski definition) is 4. The number of primary amides is 2. The summed E-state index contributed by atoms with van der Waals surface area (Å²) in [4.78, 5) is 26.3. The number of hydrogen-bond donors (Lipinski definition) is 3. The average Bonchev–Trinajstić information content (AvgIpc) is 3.52. The number of alkyl halides is 6. The van der Waals surface area contributed by atoms with Gasteiger partial charge in [-0.15, -0.1) is 13.2 Å². The van der Waals surface area contributed by atoms with Crippen LogP contribution in [-0.4, -0.2) is 27.7 Å². The first-order valence-corrected chi connectivity index (χ1v) is 15.2. The van der Waals surface area contributed by atoms with Crippen LogP contribution in [0.2, 0.25) is 5.02 Å². The van der Waals surface area contributed by atoms with Gasteiger partial charge in [0.2, 0.25) is 0 Å². The third-order valence-corrected chi connectivity index (χ3v) is 8.42. The molecule has 0 radical (unpaired) electrons. The zero-order valence-electron chi connectivity index (χ0n) is 26.8. The van der Waals surface area contributed by atoms with E-state index in [1.54, 1.807) is 49.7 Å². The number of aromatic nitrogens is 2. The second kappa shape index (κ2) is 13.4. The number of H-pyrrole nitrogens is 1. The maximum absolute atomic E-state index is 12.8. The van der Waals surface area contributed by atoms with Crippen LogP contribution in [0.4, 0.5) is 26.3 Å². The number of benzene rings is 4. The molecule has 0 aliphatic heterocycles. The zero-order valence-corrected chi connectivity index (χ0v) is 27.6. The molecule has 51 heavy (non-hydrogen) atoms. The highest BCUT2D eigenvalue weighted by Crippen LogP contribution is 2.38. The number of nitrogens with zero attached hydrogens (tertiary/aromatic N) is 2. The molecule has 0 bridgehead atoms. The van der Waals surface area contributed by atoms with Crippen LogP contribution in [0, 0.1) is 25.2 Å². The van der Waals surface area contributed by atoms with E-state index < -0.39 is 29.9 Å². The van der Waals surface area contributed by atoms with Crippen molar-refractivity contribution in [3.8, 4) is 34.1 Å². The van der Waals surface area contributed by atoms with E-state index in [0.29, 0.717) is 66.1 Å². The van der Waals surface area contributed by atoms with Crippen molar-refractivity contribution in [2.75, 3.05) is 0 Å². The van der Waals surface area contributed by atoms with Crippen molar-refractivity contribution in [2.24, 2.45) is 18.5 Å². The van der Waals surface area contributed by atoms with E-state index in [1.165, 1.54) is 36.4 Å². The molecule has 0 spiro atoms. The molecule has 2 aromatic heterocycles. The Morgan fingerprint density at radius 2 is 1.41 bits per heavy atom. The van der Waals surface area contributed by atoms with E-state index >= 15 is 0 Å². The summed E-state index contributed by atoms with van der Waals surface area (Å²) in [5.74, 6) is -1.57. The number of amides is 2. The number of nitriles is 1. The number of aromatic amines is 1. The predicted molar refractivity (Wildman–Crippen MR) is 180 cm³/mol. The van der Waals surface area contributed by atoms with Crippen LogP contribution < -0.4 is 16.2 Å². The Hall–Kier alpha value is -5.94. The van der Waals surface area contributed by atoms with E-state index in [1.807, 2.05) is 6.07 Å². The summed E-state index contributed by atoms with van der Waals surface area (Å²) in [6, 6.07) is 18.7. The van der Waals surface area contributed by atoms with Crippen LogP contribution in [0.5, 0.6) is 5.75 Å². The maximum atomic E-state index is 12.8. The molecular formula is C36H26ClF6N5O3. The lowest BCUT2D eigenvalue weighted by Gasteiger charge is -2.11. The van der Waals surface area contributed by atoms with Crippen LogP contribution in [0.25, 0.3) is 44.1 Å². The van der Waals surface area contributed by atoms with Crippen molar-refractivity contribution in [3.05, 3.63) is 111 Å². The van der Waals surface area contributed by atoms with Gasteiger partial charge in [0.15, 0.2) is 0 Å². The highest BCUT2D eigenvalue weighted by atomic mass is 35.5. The molecule has 0 aliphatic rings. The average molecular weight is 726 g/mol. The van der Waals surface area contributed by atoms with Crippen LogP contribution in [0.15, 0.2) is 72.8 Å². The second-order valence-electron chi connectivity index (χ2n) is 11.4. The molecule has 15 heteroatoms. The van der Waals surface area contributed by atoms with Crippen molar-refractivity contribution in [1.29, 1.82) is 5.26 Å². The van der Waals surface area contributed by atoms with Crippen molar-refractivity contribution in [3.63, 3.8) is 0 Å². The molecule has 2 amide bonds. The van der Waals surface area contributed by atoms with Gasteiger partial charge < -0.3 is 25.8 Å². The number of nitrogens with two attached hydrogens (primary N) is 2. The lowest BCUT2D eigenvalue weighted by Crippen LogP contribution is -2.16. The summed E-state index contributed by atoms with van der Waals surface area (Å²) in [7, 11) is 1.69. The number of nitrogens with one attached hydrogen (secondary N) is 1. The van der Waals surface area contributed by atoms with Crippen LogP contribution in [0.3, 0.4) is 0 Å². The minimum Gasteiger partial charge on any atom is -0.406 e. The van der Waals surface area contributed by atoms with Gasteiger partial charge in [-0.3, -0.25) is 9.59 Å². The summed E-state index contributed by atoms with van der Waals surface area (Å²) >= 11 is 6.19. The van der Waals surface area contributed by atoms with Crippen LogP contribution in [-0.2, 0) is 13.2 Å². The van der Waals surface area contributed by atoms with Crippen molar-refractivity contribution in [2.45, 2.75) is 26.4 Å². The Morgan fingerprint density at radius 3 is 1.94 bits per heavy atom. The molecule has 6 rings (SSSR count). The van der Waals surface area contributed by atoms with Gasteiger partial charge in [0, 0.05) is 34.0 Å². The maximum Gasteiger partial charge on any atom is 0.573 e.